The van der Waals surface area contributed by atoms with Crippen molar-refractivity contribution in [1.82, 2.24) is 4.98 Å². The molecule has 4 nitrogen and oxygen atoms in total. The van der Waals surface area contributed by atoms with Gasteiger partial charge in [0.05, 0.1) is 11.9 Å². The number of hydrogen-bond donors (Lipinski definition) is 2. The summed E-state index contributed by atoms with van der Waals surface area (Å²) in [6, 6.07) is 1.38. The number of pyridine rings is 1. The van der Waals surface area contributed by atoms with E-state index in [1.54, 1.807) is 0 Å². The molecule has 0 aliphatic heterocycles. The topological polar surface area (TPSA) is 79.8 Å². The van der Waals surface area contributed by atoms with Crippen molar-refractivity contribution < 1.29 is 4.79 Å². The maximum atomic E-state index is 10.2. The first kappa shape index (κ1) is 8.67. The van der Waals surface area contributed by atoms with Crippen molar-refractivity contribution in [3.05, 3.63) is 23.0 Å². The Morgan fingerprint density at radius 1 is 1.75 bits per heavy atom. The maximum absolute atomic E-state index is 10.2. The zero-order valence-electron chi connectivity index (χ0n) is 6.04. The third-order valence-electron chi connectivity index (χ3n) is 1.31. The van der Waals surface area contributed by atoms with Crippen LogP contribution in [0.3, 0.4) is 0 Å². The van der Waals surface area contributed by atoms with Crippen molar-refractivity contribution in [3.63, 3.8) is 0 Å². The highest BCUT2D eigenvalue weighted by Gasteiger charge is 2.05. The number of nitrogens with zero attached hydrogens (tertiary/aromatic N) is 1. The van der Waals surface area contributed by atoms with Crippen LogP contribution in [0, 0.1) is 5.41 Å². The number of aromatic nitrogens is 1. The lowest BCUT2D eigenvalue weighted by Gasteiger charge is -2.00. The normalized spacial score (nSPS) is 9.42. The first-order valence-corrected chi connectivity index (χ1v) is 3.48. The van der Waals surface area contributed by atoms with E-state index in [4.69, 9.17) is 22.7 Å². The van der Waals surface area contributed by atoms with Gasteiger partial charge in [-0.2, -0.15) is 0 Å². The fourth-order valence-corrected chi connectivity index (χ4v) is 0.895. The van der Waals surface area contributed by atoms with Crippen molar-refractivity contribution in [2.24, 2.45) is 0 Å². The number of carbonyl (C=O) groups excluding carboxylic acids is 1. The molecule has 0 unspecified atom stereocenters. The standard InChI is InChI=1S/C7H6ClN3O/c8-7-1-4(6(10)3-12)5(9)2-11-7/h1-3,10H,9H2. The highest BCUT2D eigenvalue weighted by atomic mass is 35.5. The third kappa shape index (κ3) is 1.60. The van der Waals surface area contributed by atoms with Crippen LogP contribution in [-0.2, 0) is 4.79 Å². The summed E-state index contributed by atoms with van der Waals surface area (Å²) in [5.41, 5.74) is 5.83. The lowest BCUT2D eigenvalue weighted by Crippen LogP contribution is -2.05. The van der Waals surface area contributed by atoms with E-state index in [9.17, 15) is 4.79 Å². The van der Waals surface area contributed by atoms with Crippen LogP contribution in [0.1, 0.15) is 5.56 Å². The van der Waals surface area contributed by atoms with Crippen LogP contribution in [0.4, 0.5) is 5.69 Å². The minimum atomic E-state index is -0.197. The van der Waals surface area contributed by atoms with E-state index < -0.39 is 0 Å². The van der Waals surface area contributed by atoms with Gasteiger partial charge in [0.15, 0.2) is 6.29 Å². The second-order valence-electron chi connectivity index (χ2n) is 2.13. The maximum Gasteiger partial charge on any atom is 0.168 e. The van der Waals surface area contributed by atoms with Crippen molar-refractivity contribution in [2.75, 3.05) is 5.73 Å². The van der Waals surface area contributed by atoms with Gasteiger partial charge in [-0.3, -0.25) is 10.2 Å². The third-order valence-corrected chi connectivity index (χ3v) is 1.52. The van der Waals surface area contributed by atoms with E-state index in [2.05, 4.69) is 4.98 Å². The smallest absolute Gasteiger partial charge is 0.168 e. The van der Waals surface area contributed by atoms with Crippen molar-refractivity contribution in [3.8, 4) is 0 Å². The number of nitrogen functional groups attached to an aromatic ring is 1. The van der Waals surface area contributed by atoms with Crippen LogP contribution >= 0.6 is 11.6 Å². The number of anilines is 1. The number of aldehydes is 1. The molecular weight excluding hydrogens is 178 g/mol. The molecule has 3 N–H and O–H groups in total. The lowest BCUT2D eigenvalue weighted by molar-refractivity contribution is -0.102. The zero-order chi connectivity index (χ0) is 9.14. The average Bonchev–Trinajstić information content (AvgIpc) is 2.08. The Labute approximate surface area is 73.9 Å². The molecule has 0 spiro atoms. The predicted octanol–water partition coefficient (Wildman–Crippen LogP) is 0.884. The molecule has 0 atom stereocenters. The fraction of sp³-hybridized carbons (Fsp3) is 0. The molecule has 0 fully saturated rings. The summed E-state index contributed by atoms with van der Waals surface area (Å²) >= 11 is 5.54. The number of rotatable bonds is 2. The summed E-state index contributed by atoms with van der Waals surface area (Å²) in [6.07, 6.45) is 1.72. The molecule has 0 radical (unpaired) electrons. The highest BCUT2D eigenvalue weighted by Crippen LogP contribution is 2.14. The predicted molar refractivity (Wildman–Crippen MR) is 46.6 cm³/mol. The number of nitrogens with two attached hydrogens (primary N) is 1. The molecule has 1 aromatic rings. The molecule has 0 bridgehead atoms. The molecule has 0 aliphatic rings. The summed E-state index contributed by atoms with van der Waals surface area (Å²) < 4.78 is 0. The molecule has 5 heteroatoms. The molecule has 0 amide bonds. The molecule has 0 saturated heterocycles. The van der Waals surface area contributed by atoms with Crippen LogP contribution in [0.15, 0.2) is 12.3 Å². The number of carbonyl (C=O) groups is 1. The minimum absolute atomic E-state index is 0.197. The van der Waals surface area contributed by atoms with Gasteiger partial charge < -0.3 is 5.73 Å². The van der Waals surface area contributed by atoms with Crippen molar-refractivity contribution in [2.45, 2.75) is 0 Å². The number of halogens is 1. The SMILES string of the molecule is N=C(C=O)c1cc(Cl)ncc1N. The Hall–Kier alpha value is -1.42. The second-order valence-corrected chi connectivity index (χ2v) is 2.51. The summed E-state index contributed by atoms with van der Waals surface area (Å²) in [6.45, 7) is 0. The lowest BCUT2D eigenvalue weighted by atomic mass is 10.1. The van der Waals surface area contributed by atoms with Crippen LogP contribution in [-0.4, -0.2) is 17.0 Å². The summed E-state index contributed by atoms with van der Waals surface area (Å²) in [5.74, 6) is 0. The highest BCUT2D eigenvalue weighted by molar-refractivity contribution is 6.37. The molecule has 1 aromatic heterocycles. The molecule has 1 rings (SSSR count). The Morgan fingerprint density at radius 2 is 2.42 bits per heavy atom. The summed E-state index contributed by atoms with van der Waals surface area (Å²) in [5, 5.41) is 7.40. The Bertz CT molecular complexity index is 337. The molecule has 0 aromatic carbocycles. The van der Waals surface area contributed by atoms with Crippen LogP contribution in [0.25, 0.3) is 0 Å². The quantitative estimate of drug-likeness (QED) is 0.406. The van der Waals surface area contributed by atoms with Gasteiger partial charge in [-0.05, 0) is 6.07 Å². The monoisotopic (exact) mass is 183 g/mol. The van der Waals surface area contributed by atoms with Crippen LogP contribution in [0.2, 0.25) is 5.15 Å². The van der Waals surface area contributed by atoms with Gasteiger partial charge in [0.2, 0.25) is 0 Å². The average molecular weight is 184 g/mol. The molecule has 62 valence electrons. The Balaban J connectivity index is 3.22. The van der Waals surface area contributed by atoms with Gasteiger partial charge in [0.25, 0.3) is 0 Å². The molecular formula is C7H6ClN3O. The van der Waals surface area contributed by atoms with Crippen molar-refractivity contribution >= 4 is 29.3 Å². The van der Waals surface area contributed by atoms with Gasteiger partial charge >= 0.3 is 0 Å². The van der Waals surface area contributed by atoms with Gasteiger partial charge in [0.1, 0.15) is 10.9 Å². The minimum Gasteiger partial charge on any atom is -0.397 e. The van der Waals surface area contributed by atoms with Crippen LogP contribution < -0.4 is 5.73 Å². The molecule has 1 heterocycles. The van der Waals surface area contributed by atoms with Crippen LogP contribution in [0.5, 0.6) is 0 Å². The largest absolute Gasteiger partial charge is 0.397 e. The summed E-state index contributed by atoms with van der Waals surface area (Å²) in [4.78, 5) is 13.9. The van der Waals surface area contributed by atoms with Crippen molar-refractivity contribution in [1.29, 1.82) is 5.41 Å². The first-order valence-electron chi connectivity index (χ1n) is 3.10. The van der Waals surface area contributed by atoms with E-state index in [1.807, 2.05) is 0 Å². The Kier molecular flexibility index (Phi) is 2.40. The summed E-state index contributed by atoms with van der Waals surface area (Å²) in [7, 11) is 0. The number of nitrogens with one attached hydrogen (secondary N) is 1. The zero-order valence-corrected chi connectivity index (χ0v) is 6.80. The van der Waals surface area contributed by atoms with E-state index in [1.165, 1.54) is 12.3 Å². The Morgan fingerprint density at radius 3 is 3.00 bits per heavy atom. The van der Waals surface area contributed by atoms with E-state index in [0.717, 1.165) is 0 Å². The van der Waals surface area contributed by atoms with E-state index >= 15 is 0 Å². The molecule has 0 aliphatic carbocycles. The van der Waals surface area contributed by atoms with Gasteiger partial charge in [-0.15, -0.1) is 0 Å². The van der Waals surface area contributed by atoms with E-state index in [-0.39, 0.29) is 16.6 Å². The van der Waals surface area contributed by atoms with E-state index in [0.29, 0.717) is 11.8 Å². The van der Waals surface area contributed by atoms with Gasteiger partial charge in [0, 0.05) is 5.56 Å². The van der Waals surface area contributed by atoms with Gasteiger partial charge in [-0.25, -0.2) is 4.98 Å². The molecule has 12 heavy (non-hydrogen) atoms. The number of hydrogen-bond acceptors (Lipinski definition) is 4. The second kappa shape index (κ2) is 3.32. The fourth-order valence-electron chi connectivity index (χ4n) is 0.737. The first-order chi connectivity index (χ1) is 5.65. The van der Waals surface area contributed by atoms with Gasteiger partial charge in [-0.1, -0.05) is 11.6 Å². The molecule has 0 saturated carbocycles.